The number of aliphatic carboxylic acids is 1. The summed E-state index contributed by atoms with van der Waals surface area (Å²) in [4.78, 5) is 36.5. The molecule has 6 nitrogen and oxygen atoms in total. The van der Waals surface area contributed by atoms with Gasteiger partial charge in [-0.2, -0.15) is 0 Å². The van der Waals surface area contributed by atoms with E-state index in [0.29, 0.717) is 25.4 Å². The van der Waals surface area contributed by atoms with Crippen LogP contribution < -0.4 is 5.32 Å². The first-order chi connectivity index (χ1) is 9.02. The Morgan fingerprint density at radius 2 is 2.16 bits per heavy atom. The van der Waals surface area contributed by atoms with Crippen LogP contribution in [0.2, 0.25) is 0 Å². The lowest BCUT2D eigenvalue weighted by atomic mass is 10.1. The van der Waals surface area contributed by atoms with Gasteiger partial charge in [-0.3, -0.25) is 9.59 Å². The van der Waals surface area contributed by atoms with E-state index in [1.165, 1.54) is 0 Å². The minimum Gasteiger partial charge on any atom is -0.480 e. The van der Waals surface area contributed by atoms with Gasteiger partial charge in [-0.05, 0) is 19.3 Å². The van der Waals surface area contributed by atoms with Gasteiger partial charge in [-0.15, -0.1) is 0 Å². The Kier molecular flexibility index (Phi) is 4.07. The molecule has 2 aliphatic rings. The van der Waals surface area contributed by atoms with Crippen molar-refractivity contribution in [2.24, 2.45) is 5.92 Å². The molecular formula is C13H20N2O4. The Balaban J connectivity index is 1.89. The number of carbonyl (C=O) groups is 3. The smallest absolute Gasteiger partial charge is 0.326 e. The van der Waals surface area contributed by atoms with Gasteiger partial charge in [-0.25, -0.2) is 4.79 Å². The van der Waals surface area contributed by atoms with Crippen LogP contribution in [0.1, 0.15) is 39.0 Å². The van der Waals surface area contributed by atoms with Crippen molar-refractivity contribution in [3.63, 3.8) is 0 Å². The number of rotatable bonds is 6. The van der Waals surface area contributed by atoms with E-state index in [9.17, 15) is 14.4 Å². The third-order valence-corrected chi connectivity index (χ3v) is 3.71. The molecule has 1 unspecified atom stereocenters. The maximum absolute atomic E-state index is 12.0. The normalized spacial score (nSPS) is 24.4. The lowest BCUT2D eigenvalue weighted by Crippen LogP contribution is -2.44. The first-order valence-corrected chi connectivity index (χ1v) is 6.85. The molecule has 2 rings (SSSR count). The van der Waals surface area contributed by atoms with Crippen LogP contribution in [0.4, 0.5) is 0 Å². The van der Waals surface area contributed by atoms with Gasteiger partial charge in [0, 0.05) is 19.0 Å². The Morgan fingerprint density at radius 3 is 2.68 bits per heavy atom. The molecule has 0 bridgehead atoms. The van der Waals surface area contributed by atoms with Gasteiger partial charge in [0.05, 0.1) is 5.92 Å². The number of carbonyl (C=O) groups excluding carboxylic acids is 2. The second-order valence-electron chi connectivity index (χ2n) is 5.37. The number of likely N-dealkylation sites (tertiary alicyclic amines) is 1. The molecule has 2 atom stereocenters. The maximum atomic E-state index is 12.0. The predicted octanol–water partition coefficient (Wildman–Crippen LogP) is 0.367. The molecular weight excluding hydrogens is 248 g/mol. The molecule has 1 saturated carbocycles. The lowest BCUT2D eigenvalue weighted by molar-refractivity contribution is -0.142. The van der Waals surface area contributed by atoms with Crippen molar-refractivity contribution in [3.8, 4) is 0 Å². The minimum atomic E-state index is -1.02. The highest BCUT2D eigenvalue weighted by Crippen LogP contribution is 2.32. The van der Waals surface area contributed by atoms with Gasteiger partial charge in [0.1, 0.15) is 6.04 Å². The summed E-state index contributed by atoms with van der Waals surface area (Å²) in [6.07, 6.45) is 3.35. The van der Waals surface area contributed by atoms with Crippen molar-refractivity contribution in [1.29, 1.82) is 0 Å². The molecule has 1 saturated heterocycles. The van der Waals surface area contributed by atoms with Crippen molar-refractivity contribution >= 4 is 17.8 Å². The molecule has 19 heavy (non-hydrogen) atoms. The van der Waals surface area contributed by atoms with Crippen LogP contribution in [-0.4, -0.2) is 46.4 Å². The lowest BCUT2D eigenvalue weighted by Gasteiger charge is -2.17. The summed E-state index contributed by atoms with van der Waals surface area (Å²) in [7, 11) is 0. The first-order valence-electron chi connectivity index (χ1n) is 6.85. The van der Waals surface area contributed by atoms with Crippen molar-refractivity contribution in [3.05, 3.63) is 0 Å². The van der Waals surface area contributed by atoms with Gasteiger partial charge in [0.25, 0.3) is 0 Å². The van der Waals surface area contributed by atoms with E-state index in [1.54, 1.807) is 4.90 Å². The average molecular weight is 268 g/mol. The Labute approximate surface area is 112 Å². The predicted molar refractivity (Wildman–Crippen MR) is 67.3 cm³/mol. The monoisotopic (exact) mass is 268 g/mol. The van der Waals surface area contributed by atoms with Crippen LogP contribution >= 0.6 is 0 Å². The summed E-state index contributed by atoms with van der Waals surface area (Å²) in [5.74, 6) is -1.70. The van der Waals surface area contributed by atoms with Crippen LogP contribution in [0.25, 0.3) is 0 Å². The van der Waals surface area contributed by atoms with E-state index >= 15 is 0 Å². The molecule has 1 aliphatic heterocycles. The molecule has 1 aliphatic carbocycles. The quantitative estimate of drug-likeness (QED) is 0.728. The number of amides is 2. The highest BCUT2D eigenvalue weighted by Gasteiger charge is 2.42. The highest BCUT2D eigenvalue weighted by molar-refractivity contribution is 5.91. The van der Waals surface area contributed by atoms with Crippen LogP contribution in [0.5, 0.6) is 0 Å². The summed E-state index contributed by atoms with van der Waals surface area (Å²) in [6.45, 7) is 2.31. The van der Waals surface area contributed by atoms with E-state index in [-0.39, 0.29) is 18.2 Å². The Hall–Kier alpha value is -1.59. The summed E-state index contributed by atoms with van der Waals surface area (Å²) in [5.41, 5.74) is 0. The zero-order valence-electron chi connectivity index (χ0n) is 11.1. The number of nitrogens with zero attached hydrogens (tertiary/aromatic N) is 1. The minimum absolute atomic E-state index is 0.0185. The van der Waals surface area contributed by atoms with E-state index in [1.807, 2.05) is 6.92 Å². The van der Waals surface area contributed by atoms with Gasteiger partial charge < -0.3 is 15.3 Å². The average Bonchev–Trinajstić information content (AvgIpc) is 3.11. The molecule has 6 heteroatoms. The fraction of sp³-hybridized carbons (Fsp3) is 0.769. The Morgan fingerprint density at radius 1 is 1.47 bits per heavy atom. The largest absolute Gasteiger partial charge is 0.480 e. The Bertz CT molecular complexity index is 392. The third-order valence-electron chi connectivity index (χ3n) is 3.71. The second kappa shape index (κ2) is 5.59. The maximum Gasteiger partial charge on any atom is 0.326 e. The number of hydrogen-bond acceptors (Lipinski definition) is 3. The van der Waals surface area contributed by atoms with Crippen LogP contribution in [-0.2, 0) is 14.4 Å². The highest BCUT2D eigenvalue weighted by atomic mass is 16.4. The SMILES string of the molecule is CCC[C@H](NC(=O)C1CC(=O)N(C2CC2)C1)C(=O)O. The topological polar surface area (TPSA) is 86.7 Å². The van der Waals surface area contributed by atoms with E-state index in [4.69, 9.17) is 5.11 Å². The zero-order chi connectivity index (χ0) is 14.0. The molecule has 2 fully saturated rings. The zero-order valence-corrected chi connectivity index (χ0v) is 11.1. The molecule has 2 N–H and O–H groups in total. The van der Waals surface area contributed by atoms with Crippen molar-refractivity contribution in [2.75, 3.05) is 6.54 Å². The van der Waals surface area contributed by atoms with Crippen LogP contribution in [0, 0.1) is 5.92 Å². The fourth-order valence-corrected chi connectivity index (χ4v) is 2.48. The number of nitrogens with one attached hydrogen (secondary N) is 1. The van der Waals surface area contributed by atoms with Gasteiger partial charge >= 0.3 is 5.97 Å². The first kappa shape index (κ1) is 13.8. The van der Waals surface area contributed by atoms with Crippen molar-refractivity contribution in [1.82, 2.24) is 10.2 Å². The summed E-state index contributed by atoms with van der Waals surface area (Å²) in [5, 5.41) is 11.5. The molecule has 0 aromatic rings. The van der Waals surface area contributed by atoms with E-state index in [2.05, 4.69) is 5.32 Å². The number of carboxylic acid groups (broad SMARTS) is 1. The number of hydrogen-bond donors (Lipinski definition) is 2. The van der Waals surface area contributed by atoms with Crippen molar-refractivity contribution < 1.29 is 19.5 Å². The molecule has 0 radical (unpaired) electrons. The van der Waals surface area contributed by atoms with E-state index < -0.39 is 17.9 Å². The molecule has 1 heterocycles. The molecule has 0 spiro atoms. The second-order valence-corrected chi connectivity index (χ2v) is 5.37. The van der Waals surface area contributed by atoms with Crippen molar-refractivity contribution in [2.45, 2.75) is 51.1 Å². The van der Waals surface area contributed by atoms with Gasteiger partial charge in [0.15, 0.2) is 0 Å². The molecule has 0 aromatic carbocycles. The van der Waals surface area contributed by atoms with Crippen LogP contribution in [0.15, 0.2) is 0 Å². The summed E-state index contributed by atoms with van der Waals surface area (Å²) in [6, 6.07) is -0.529. The molecule has 2 amide bonds. The number of carboxylic acids is 1. The third kappa shape index (κ3) is 3.24. The van der Waals surface area contributed by atoms with Crippen LogP contribution in [0.3, 0.4) is 0 Å². The summed E-state index contributed by atoms with van der Waals surface area (Å²) >= 11 is 0. The molecule has 0 aromatic heterocycles. The summed E-state index contributed by atoms with van der Waals surface area (Å²) < 4.78 is 0. The van der Waals surface area contributed by atoms with Gasteiger partial charge in [0.2, 0.25) is 11.8 Å². The standard InChI is InChI=1S/C13H20N2O4/c1-2-3-10(13(18)19)14-12(17)8-6-11(16)15(7-8)9-4-5-9/h8-10H,2-7H2,1H3,(H,14,17)(H,18,19)/t8?,10-/m0/s1. The van der Waals surface area contributed by atoms with Gasteiger partial charge in [-0.1, -0.05) is 13.3 Å². The van der Waals surface area contributed by atoms with E-state index in [0.717, 1.165) is 12.8 Å². The fourth-order valence-electron chi connectivity index (χ4n) is 2.48. The molecule has 106 valence electrons.